The highest BCUT2D eigenvalue weighted by molar-refractivity contribution is 5.98. The molecule has 6 heteroatoms. The van der Waals surface area contributed by atoms with E-state index in [1.54, 1.807) is 24.3 Å². The molecule has 0 aliphatic heterocycles. The van der Waals surface area contributed by atoms with Gasteiger partial charge in [0.2, 0.25) is 11.8 Å². The fraction of sp³-hybridized carbons (Fsp3) is 0.348. The van der Waals surface area contributed by atoms with Gasteiger partial charge in [0.25, 0.3) is 5.91 Å². The minimum atomic E-state index is -0.221. The molecule has 2 aromatic rings. The van der Waals surface area contributed by atoms with Gasteiger partial charge in [-0.15, -0.1) is 0 Å². The van der Waals surface area contributed by atoms with Crippen LogP contribution >= 0.6 is 0 Å². The third-order valence-corrected chi connectivity index (χ3v) is 5.05. The summed E-state index contributed by atoms with van der Waals surface area (Å²) >= 11 is 0. The molecule has 1 unspecified atom stereocenters. The van der Waals surface area contributed by atoms with Crippen LogP contribution in [0.5, 0.6) is 0 Å². The van der Waals surface area contributed by atoms with Crippen LogP contribution in [0.15, 0.2) is 48.5 Å². The molecule has 1 aliphatic rings. The van der Waals surface area contributed by atoms with Crippen molar-refractivity contribution >= 4 is 29.1 Å². The molecule has 3 N–H and O–H groups in total. The molecule has 0 spiro atoms. The Hall–Kier alpha value is -3.15. The molecule has 0 heterocycles. The molecule has 0 bridgehead atoms. The SMILES string of the molecule is CCC(C)C(=O)Nc1cccc(CNC(=O)c2cccc(NC(=O)C3CC3)c2)c1. The van der Waals surface area contributed by atoms with Crippen LogP contribution in [-0.4, -0.2) is 17.7 Å². The standard InChI is InChI=1S/C23H27N3O3/c1-3-15(2)21(27)25-19-8-4-6-16(12-19)14-24-22(28)18-7-5-9-20(13-18)26-23(29)17-10-11-17/h4-9,12-13,15,17H,3,10-11,14H2,1-2H3,(H,24,28)(H,25,27)(H,26,29). The molecule has 1 atom stereocenters. The minimum absolute atomic E-state index is 0.0128. The van der Waals surface area contributed by atoms with Crippen LogP contribution in [0.1, 0.15) is 49.0 Å². The normalized spacial score (nSPS) is 14.0. The second-order valence-electron chi connectivity index (χ2n) is 7.53. The van der Waals surface area contributed by atoms with Crippen LogP contribution in [0.3, 0.4) is 0 Å². The van der Waals surface area contributed by atoms with E-state index in [-0.39, 0.29) is 29.6 Å². The topological polar surface area (TPSA) is 87.3 Å². The number of rotatable bonds is 8. The van der Waals surface area contributed by atoms with Gasteiger partial charge < -0.3 is 16.0 Å². The zero-order chi connectivity index (χ0) is 20.8. The predicted octanol–water partition coefficient (Wildman–Crippen LogP) is 3.95. The number of amides is 3. The molecule has 29 heavy (non-hydrogen) atoms. The second kappa shape index (κ2) is 9.37. The van der Waals surface area contributed by atoms with E-state index in [4.69, 9.17) is 0 Å². The number of nitrogens with one attached hydrogen (secondary N) is 3. The summed E-state index contributed by atoms with van der Waals surface area (Å²) in [5.74, 6) is -0.161. The van der Waals surface area contributed by atoms with E-state index in [2.05, 4.69) is 16.0 Å². The number of benzene rings is 2. The maximum Gasteiger partial charge on any atom is 0.251 e. The van der Waals surface area contributed by atoms with Crippen LogP contribution < -0.4 is 16.0 Å². The third-order valence-electron chi connectivity index (χ3n) is 5.05. The third kappa shape index (κ3) is 5.91. The smallest absolute Gasteiger partial charge is 0.251 e. The predicted molar refractivity (Wildman–Crippen MR) is 113 cm³/mol. The van der Waals surface area contributed by atoms with E-state index < -0.39 is 0 Å². The summed E-state index contributed by atoms with van der Waals surface area (Å²) < 4.78 is 0. The molecular formula is C23H27N3O3. The molecule has 0 radical (unpaired) electrons. The molecule has 1 saturated carbocycles. The number of anilines is 2. The van der Waals surface area contributed by atoms with Gasteiger partial charge in [0, 0.05) is 35.3 Å². The molecule has 1 fully saturated rings. The maximum absolute atomic E-state index is 12.5. The number of carbonyl (C=O) groups is 3. The van der Waals surface area contributed by atoms with Crippen LogP contribution in [0, 0.1) is 11.8 Å². The minimum Gasteiger partial charge on any atom is -0.348 e. The fourth-order valence-corrected chi connectivity index (χ4v) is 2.82. The molecule has 2 aromatic carbocycles. The van der Waals surface area contributed by atoms with E-state index in [0.717, 1.165) is 24.8 Å². The molecule has 0 aromatic heterocycles. The highest BCUT2D eigenvalue weighted by Crippen LogP contribution is 2.30. The lowest BCUT2D eigenvalue weighted by atomic mass is 10.1. The van der Waals surface area contributed by atoms with Gasteiger partial charge in [0.05, 0.1) is 0 Å². The van der Waals surface area contributed by atoms with Crippen LogP contribution in [-0.2, 0) is 16.1 Å². The summed E-state index contributed by atoms with van der Waals surface area (Å²) in [5.41, 5.74) is 2.72. The Labute approximate surface area is 171 Å². The molecular weight excluding hydrogens is 366 g/mol. The van der Waals surface area contributed by atoms with Crippen molar-refractivity contribution in [2.45, 2.75) is 39.7 Å². The summed E-state index contributed by atoms with van der Waals surface area (Å²) in [6, 6.07) is 14.4. The van der Waals surface area contributed by atoms with Crippen molar-refractivity contribution in [2.75, 3.05) is 10.6 Å². The van der Waals surface area contributed by atoms with Crippen LogP contribution in [0.4, 0.5) is 11.4 Å². The summed E-state index contributed by atoms with van der Waals surface area (Å²) in [4.78, 5) is 36.4. The van der Waals surface area contributed by atoms with Crippen molar-refractivity contribution < 1.29 is 14.4 Å². The average Bonchev–Trinajstić information content (AvgIpc) is 3.57. The monoisotopic (exact) mass is 393 g/mol. The van der Waals surface area contributed by atoms with Crippen molar-refractivity contribution in [1.29, 1.82) is 0 Å². The van der Waals surface area contributed by atoms with Gasteiger partial charge >= 0.3 is 0 Å². The van der Waals surface area contributed by atoms with Crippen molar-refractivity contribution in [3.63, 3.8) is 0 Å². The van der Waals surface area contributed by atoms with Gasteiger partial charge in [-0.3, -0.25) is 14.4 Å². The van der Waals surface area contributed by atoms with Gasteiger partial charge in [0.15, 0.2) is 0 Å². The lowest BCUT2D eigenvalue weighted by molar-refractivity contribution is -0.119. The summed E-state index contributed by atoms with van der Waals surface area (Å²) in [6.45, 7) is 4.20. The number of hydrogen-bond acceptors (Lipinski definition) is 3. The molecule has 0 saturated heterocycles. The van der Waals surface area contributed by atoms with E-state index in [1.165, 1.54) is 0 Å². The first-order chi connectivity index (χ1) is 14.0. The van der Waals surface area contributed by atoms with E-state index in [0.29, 0.717) is 23.5 Å². The van der Waals surface area contributed by atoms with Gasteiger partial charge in [-0.2, -0.15) is 0 Å². The first-order valence-electron chi connectivity index (χ1n) is 10.0. The van der Waals surface area contributed by atoms with E-state index >= 15 is 0 Å². The summed E-state index contributed by atoms with van der Waals surface area (Å²) in [5, 5.41) is 8.63. The summed E-state index contributed by atoms with van der Waals surface area (Å²) in [6.07, 6.45) is 2.65. The van der Waals surface area contributed by atoms with Gasteiger partial charge in [-0.1, -0.05) is 32.0 Å². The van der Waals surface area contributed by atoms with Gasteiger partial charge in [-0.25, -0.2) is 0 Å². The van der Waals surface area contributed by atoms with Crippen molar-refractivity contribution in [3.8, 4) is 0 Å². The Balaban J connectivity index is 1.57. The zero-order valence-corrected chi connectivity index (χ0v) is 16.8. The number of hydrogen-bond donors (Lipinski definition) is 3. The first-order valence-corrected chi connectivity index (χ1v) is 10.0. The quantitative estimate of drug-likeness (QED) is 0.635. The largest absolute Gasteiger partial charge is 0.348 e. The summed E-state index contributed by atoms with van der Waals surface area (Å²) in [7, 11) is 0. The maximum atomic E-state index is 12.5. The van der Waals surface area contributed by atoms with Gasteiger partial charge in [0.1, 0.15) is 0 Å². The molecule has 1 aliphatic carbocycles. The Kier molecular flexibility index (Phi) is 6.65. The van der Waals surface area contributed by atoms with Crippen LogP contribution in [0.2, 0.25) is 0 Å². The zero-order valence-electron chi connectivity index (χ0n) is 16.8. The van der Waals surface area contributed by atoms with E-state index in [1.807, 2.05) is 38.1 Å². The Morgan fingerprint density at radius 2 is 1.69 bits per heavy atom. The fourth-order valence-electron chi connectivity index (χ4n) is 2.82. The molecule has 3 amide bonds. The Morgan fingerprint density at radius 1 is 1.00 bits per heavy atom. The highest BCUT2D eigenvalue weighted by Gasteiger charge is 2.29. The molecule has 152 valence electrons. The second-order valence-corrected chi connectivity index (χ2v) is 7.53. The lowest BCUT2D eigenvalue weighted by Gasteiger charge is -2.12. The average molecular weight is 393 g/mol. The van der Waals surface area contributed by atoms with Crippen molar-refractivity contribution in [3.05, 3.63) is 59.7 Å². The first kappa shape index (κ1) is 20.6. The Bertz CT molecular complexity index is 906. The molecule has 3 rings (SSSR count). The Morgan fingerprint density at radius 3 is 2.38 bits per heavy atom. The van der Waals surface area contributed by atoms with Crippen molar-refractivity contribution in [1.82, 2.24) is 5.32 Å². The van der Waals surface area contributed by atoms with Crippen LogP contribution in [0.25, 0.3) is 0 Å². The lowest BCUT2D eigenvalue weighted by Crippen LogP contribution is -2.23. The molecule has 6 nitrogen and oxygen atoms in total. The van der Waals surface area contributed by atoms with Gasteiger partial charge in [-0.05, 0) is 55.2 Å². The van der Waals surface area contributed by atoms with E-state index in [9.17, 15) is 14.4 Å². The highest BCUT2D eigenvalue weighted by atomic mass is 16.2. The van der Waals surface area contributed by atoms with Crippen molar-refractivity contribution in [2.24, 2.45) is 11.8 Å². The number of carbonyl (C=O) groups excluding carboxylic acids is 3.